The number of ether oxygens (including phenoxy) is 1. The molecule has 1 atom stereocenters. The van der Waals surface area contributed by atoms with Gasteiger partial charge in [0.05, 0.1) is 0 Å². The molecular formula is C8H10F2N2O. The molecule has 0 unspecified atom stereocenters. The Labute approximate surface area is 74.5 Å². The summed E-state index contributed by atoms with van der Waals surface area (Å²) in [6, 6.07) is 2.84. The van der Waals surface area contributed by atoms with Crippen LogP contribution >= 0.6 is 0 Å². The average molecular weight is 188 g/mol. The molecule has 0 spiro atoms. The molecule has 0 aliphatic rings. The summed E-state index contributed by atoms with van der Waals surface area (Å²) in [5.74, 6) is -0.107. The molecule has 3 nitrogen and oxygen atoms in total. The second-order valence-electron chi connectivity index (χ2n) is 2.59. The molecule has 0 amide bonds. The van der Waals surface area contributed by atoms with Crippen LogP contribution in [0, 0.1) is 0 Å². The van der Waals surface area contributed by atoms with E-state index < -0.39 is 6.61 Å². The van der Waals surface area contributed by atoms with Crippen LogP contribution in [0.25, 0.3) is 0 Å². The SMILES string of the molecule is C[C@@H](N)c1ccnc(OC(F)F)c1. The van der Waals surface area contributed by atoms with Gasteiger partial charge in [-0.1, -0.05) is 0 Å². The van der Waals surface area contributed by atoms with Gasteiger partial charge in [-0.25, -0.2) is 4.98 Å². The fraction of sp³-hybridized carbons (Fsp3) is 0.375. The standard InChI is InChI=1S/C8H10F2N2O/c1-5(11)6-2-3-12-7(4-6)13-8(9)10/h2-5,8H,11H2,1H3/t5-/m1/s1. The lowest BCUT2D eigenvalue weighted by atomic mass is 10.1. The molecule has 1 aromatic heterocycles. The molecule has 0 fully saturated rings. The number of pyridine rings is 1. The first kappa shape index (κ1) is 9.85. The van der Waals surface area contributed by atoms with Crippen molar-refractivity contribution in [3.63, 3.8) is 0 Å². The van der Waals surface area contributed by atoms with Gasteiger partial charge in [0.2, 0.25) is 5.88 Å². The van der Waals surface area contributed by atoms with Gasteiger partial charge in [-0.3, -0.25) is 0 Å². The molecule has 72 valence electrons. The van der Waals surface area contributed by atoms with Crippen LogP contribution in [0.2, 0.25) is 0 Å². The molecule has 0 bridgehead atoms. The summed E-state index contributed by atoms with van der Waals surface area (Å²) < 4.78 is 27.6. The van der Waals surface area contributed by atoms with Crippen LogP contribution in [0.4, 0.5) is 8.78 Å². The van der Waals surface area contributed by atoms with Crippen molar-refractivity contribution in [2.45, 2.75) is 19.6 Å². The minimum absolute atomic E-state index is 0.107. The Balaban J connectivity index is 2.79. The van der Waals surface area contributed by atoms with E-state index in [9.17, 15) is 8.78 Å². The number of rotatable bonds is 3. The van der Waals surface area contributed by atoms with E-state index in [1.54, 1.807) is 13.0 Å². The summed E-state index contributed by atoms with van der Waals surface area (Å²) in [7, 11) is 0. The van der Waals surface area contributed by atoms with Gasteiger partial charge in [-0.15, -0.1) is 0 Å². The maximum atomic E-state index is 11.8. The zero-order chi connectivity index (χ0) is 9.84. The molecule has 0 radical (unpaired) electrons. The zero-order valence-corrected chi connectivity index (χ0v) is 7.08. The van der Waals surface area contributed by atoms with Crippen molar-refractivity contribution in [1.29, 1.82) is 0 Å². The summed E-state index contributed by atoms with van der Waals surface area (Å²) >= 11 is 0. The molecule has 2 N–H and O–H groups in total. The highest BCUT2D eigenvalue weighted by Crippen LogP contribution is 2.16. The number of hydrogen-bond donors (Lipinski definition) is 1. The molecule has 0 aliphatic carbocycles. The monoisotopic (exact) mass is 188 g/mol. The highest BCUT2D eigenvalue weighted by atomic mass is 19.3. The van der Waals surface area contributed by atoms with Crippen molar-refractivity contribution in [3.05, 3.63) is 23.9 Å². The second kappa shape index (κ2) is 4.13. The first-order chi connectivity index (χ1) is 6.09. The molecule has 5 heteroatoms. The Hall–Kier alpha value is -1.23. The normalized spacial score (nSPS) is 13.0. The summed E-state index contributed by atoms with van der Waals surface area (Å²) in [5, 5.41) is 0. The van der Waals surface area contributed by atoms with E-state index in [1.165, 1.54) is 12.3 Å². The Kier molecular flexibility index (Phi) is 3.13. The van der Waals surface area contributed by atoms with Gasteiger partial charge in [0.15, 0.2) is 0 Å². The number of nitrogens with two attached hydrogens (primary N) is 1. The molecule has 1 heterocycles. The Morgan fingerprint density at radius 2 is 2.23 bits per heavy atom. The van der Waals surface area contributed by atoms with Crippen LogP contribution < -0.4 is 10.5 Å². The molecule has 0 saturated heterocycles. The first-order valence-electron chi connectivity index (χ1n) is 3.76. The highest BCUT2D eigenvalue weighted by Gasteiger charge is 2.07. The summed E-state index contributed by atoms with van der Waals surface area (Å²) in [6.45, 7) is -1.10. The van der Waals surface area contributed by atoms with Crippen molar-refractivity contribution in [3.8, 4) is 5.88 Å². The van der Waals surface area contributed by atoms with E-state index in [0.29, 0.717) is 5.56 Å². The van der Waals surface area contributed by atoms with Crippen molar-refractivity contribution in [2.75, 3.05) is 0 Å². The lowest BCUT2D eigenvalue weighted by Crippen LogP contribution is -2.07. The minimum atomic E-state index is -2.85. The van der Waals surface area contributed by atoms with Gasteiger partial charge >= 0.3 is 6.61 Å². The largest absolute Gasteiger partial charge is 0.417 e. The maximum absolute atomic E-state index is 11.8. The summed E-state index contributed by atoms with van der Waals surface area (Å²) in [6.07, 6.45) is 1.39. The van der Waals surface area contributed by atoms with E-state index in [2.05, 4.69) is 9.72 Å². The van der Waals surface area contributed by atoms with Gasteiger partial charge in [0.25, 0.3) is 0 Å². The molecule has 1 rings (SSSR count). The van der Waals surface area contributed by atoms with Crippen LogP contribution in [0.5, 0.6) is 5.88 Å². The Bertz CT molecular complexity index is 279. The summed E-state index contributed by atoms with van der Waals surface area (Å²) in [5.41, 5.74) is 6.26. The van der Waals surface area contributed by atoms with Crippen molar-refractivity contribution in [1.82, 2.24) is 4.98 Å². The number of alkyl halides is 2. The van der Waals surface area contributed by atoms with Crippen LogP contribution in [0.15, 0.2) is 18.3 Å². The predicted octanol–water partition coefficient (Wildman–Crippen LogP) is 1.70. The van der Waals surface area contributed by atoms with Crippen LogP contribution in [-0.4, -0.2) is 11.6 Å². The van der Waals surface area contributed by atoms with E-state index >= 15 is 0 Å². The van der Waals surface area contributed by atoms with E-state index in [0.717, 1.165) is 0 Å². The maximum Gasteiger partial charge on any atom is 0.388 e. The molecule has 13 heavy (non-hydrogen) atoms. The smallest absolute Gasteiger partial charge is 0.388 e. The molecular weight excluding hydrogens is 178 g/mol. The van der Waals surface area contributed by atoms with Crippen molar-refractivity contribution >= 4 is 0 Å². The van der Waals surface area contributed by atoms with Crippen LogP contribution in [0.1, 0.15) is 18.5 Å². The topological polar surface area (TPSA) is 48.1 Å². The summed E-state index contributed by atoms with van der Waals surface area (Å²) in [4.78, 5) is 3.60. The third kappa shape index (κ3) is 2.95. The minimum Gasteiger partial charge on any atom is -0.417 e. The molecule has 0 aliphatic heterocycles. The van der Waals surface area contributed by atoms with Gasteiger partial charge in [0, 0.05) is 18.3 Å². The van der Waals surface area contributed by atoms with Crippen molar-refractivity contribution in [2.24, 2.45) is 5.73 Å². The quantitative estimate of drug-likeness (QED) is 0.785. The number of halogens is 2. The van der Waals surface area contributed by atoms with Crippen LogP contribution in [-0.2, 0) is 0 Å². The van der Waals surface area contributed by atoms with Crippen LogP contribution in [0.3, 0.4) is 0 Å². The van der Waals surface area contributed by atoms with E-state index in [-0.39, 0.29) is 11.9 Å². The fourth-order valence-corrected chi connectivity index (χ4v) is 0.864. The van der Waals surface area contributed by atoms with Crippen molar-refractivity contribution < 1.29 is 13.5 Å². The number of aromatic nitrogens is 1. The Morgan fingerprint density at radius 1 is 1.54 bits per heavy atom. The third-order valence-electron chi connectivity index (χ3n) is 1.49. The van der Waals surface area contributed by atoms with Gasteiger partial charge in [-0.2, -0.15) is 8.78 Å². The fourth-order valence-electron chi connectivity index (χ4n) is 0.864. The average Bonchev–Trinajstić information content (AvgIpc) is 2.03. The molecule has 0 saturated carbocycles. The predicted molar refractivity (Wildman–Crippen MR) is 43.5 cm³/mol. The molecule has 0 aromatic carbocycles. The van der Waals surface area contributed by atoms with Gasteiger partial charge in [-0.05, 0) is 18.6 Å². The lowest BCUT2D eigenvalue weighted by Gasteiger charge is -2.07. The van der Waals surface area contributed by atoms with E-state index in [4.69, 9.17) is 5.73 Å². The Morgan fingerprint density at radius 3 is 2.77 bits per heavy atom. The molecule has 1 aromatic rings. The highest BCUT2D eigenvalue weighted by molar-refractivity contribution is 5.22. The number of hydrogen-bond acceptors (Lipinski definition) is 3. The second-order valence-corrected chi connectivity index (χ2v) is 2.59. The van der Waals surface area contributed by atoms with Gasteiger partial charge in [0.1, 0.15) is 0 Å². The zero-order valence-electron chi connectivity index (χ0n) is 7.08. The third-order valence-corrected chi connectivity index (χ3v) is 1.49. The lowest BCUT2D eigenvalue weighted by molar-refractivity contribution is -0.0529. The van der Waals surface area contributed by atoms with E-state index in [1.807, 2.05) is 0 Å². The first-order valence-corrected chi connectivity index (χ1v) is 3.76. The number of nitrogens with zero attached hydrogens (tertiary/aromatic N) is 1. The van der Waals surface area contributed by atoms with Gasteiger partial charge < -0.3 is 10.5 Å².